The number of hydrogen-bond donors (Lipinski definition) is 4. The molecule has 1 amide bonds. The summed E-state index contributed by atoms with van der Waals surface area (Å²) in [4.78, 5) is 16.7. The number of amides is 1. The maximum absolute atomic E-state index is 12.4. The summed E-state index contributed by atoms with van der Waals surface area (Å²) in [5.41, 5.74) is 9.24. The minimum Gasteiger partial charge on any atom is -0.507 e. The summed E-state index contributed by atoms with van der Waals surface area (Å²) in [5.74, 6) is 0.0444. The van der Waals surface area contributed by atoms with E-state index in [2.05, 4.69) is 21.7 Å². The monoisotopic (exact) mass is 427 g/mol. The van der Waals surface area contributed by atoms with E-state index in [0.29, 0.717) is 34.1 Å². The van der Waals surface area contributed by atoms with E-state index in [4.69, 9.17) is 5.73 Å². The van der Waals surface area contributed by atoms with Gasteiger partial charge < -0.3 is 21.5 Å². The highest BCUT2D eigenvalue weighted by atomic mass is 16.3. The Morgan fingerprint density at radius 2 is 1.91 bits per heavy atom. The lowest BCUT2D eigenvalue weighted by molar-refractivity contribution is -0.115. The molecule has 0 saturated heterocycles. The zero-order chi connectivity index (χ0) is 22.5. The lowest BCUT2D eigenvalue weighted by atomic mass is 9.98. The number of nitrogens with two attached hydrogens (primary N) is 1. The number of para-hydroxylation sites is 1. The molecule has 7 heteroatoms. The molecular weight excluding hydrogens is 402 g/mol. The van der Waals surface area contributed by atoms with E-state index >= 15 is 0 Å². The molecule has 0 bridgehead atoms. The van der Waals surface area contributed by atoms with Gasteiger partial charge in [0.25, 0.3) is 0 Å². The summed E-state index contributed by atoms with van der Waals surface area (Å²) in [6.45, 7) is 0.262. The third-order valence-electron chi connectivity index (χ3n) is 5.70. The van der Waals surface area contributed by atoms with E-state index in [1.165, 1.54) is 12.8 Å². The molecule has 1 fully saturated rings. The number of pyridine rings is 1. The summed E-state index contributed by atoms with van der Waals surface area (Å²) >= 11 is 0. The topological polar surface area (TPSA) is 124 Å². The van der Waals surface area contributed by atoms with E-state index < -0.39 is 0 Å². The molecule has 0 unspecified atom stereocenters. The fraction of sp³-hybridized carbons (Fsp3) is 0.240. The minimum absolute atomic E-state index is 0.0748. The molecule has 1 aromatic heterocycles. The van der Waals surface area contributed by atoms with Crippen molar-refractivity contribution in [2.24, 2.45) is 0 Å². The molecule has 1 aliphatic carbocycles. The van der Waals surface area contributed by atoms with Crippen molar-refractivity contribution in [3.63, 3.8) is 0 Å². The number of aromatic nitrogens is 1. The molecule has 162 valence electrons. The summed E-state index contributed by atoms with van der Waals surface area (Å²) in [6.07, 6.45) is 4.64. The van der Waals surface area contributed by atoms with Crippen molar-refractivity contribution in [3.05, 3.63) is 60.2 Å². The first-order valence-corrected chi connectivity index (χ1v) is 10.7. The van der Waals surface area contributed by atoms with Crippen molar-refractivity contribution in [1.29, 1.82) is 5.26 Å². The molecule has 4 rings (SSSR count). The van der Waals surface area contributed by atoms with Crippen LogP contribution in [0.15, 0.2) is 54.6 Å². The molecule has 0 atom stereocenters. The van der Waals surface area contributed by atoms with Crippen LogP contribution in [-0.2, 0) is 4.79 Å². The smallest absolute Gasteiger partial charge is 0.238 e. The van der Waals surface area contributed by atoms with Crippen LogP contribution in [-0.4, -0.2) is 28.6 Å². The number of phenols is 1. The first kappa shape index (κ1) is 21.3. The van der Waals surface area contributed by atoms with Gasteiger partial charge in [-0.15, -0.1) is 0 Å². The van der Waals surface area contributed by atoms with Crippen LogP contribution in [0.1, 0.15) is 31.2 Å². The number of nitrogen functional groups attached to an aromatic ring is 1. The Morgan fingerprint density at radius 1 is 1.12 bits per heavy atom. The quantitative estimate of drug-likeness (QED) is 0.471. The number of phenolic OH excluding ortho intramolecular Hbond substituents is 1. The van der Waals surface area contributed by atoms with Gasteiger partial charge in [0, 0.05) is 22.9 Å². The standard InChI is InChI=1S/C25H25N5O2/c26-14-21-20(13-22(30-25(21)27)19-10-3-4-11-23(19)31)16-6-5-9-18(12-16)29-24(32)15-28-17-7-1-2-8-17/h3-6,9-13,17,28,31H,1-2,7-8,15H2,(H2,27,30)(H,29,32). The predicted octanol–water partition coefficient (Wildman–Crippen LogP) is 4.05. The molecule has 2 aromatic carbocycles. The number of benzene rings is 2. The van der Waals surface area contributed by atoms with E-state index in [9.17, 15) is 15.2 Å². The van der Waals surface area contributed by atoms with Crippen molar-refractivity contribution in [1.82, 2.24) is 10.3 Å². The van der Waals surface area contributed by atoms with Crippen LogP contribution >= 0.6 is 0 Å². The number of carbonyl (C=O) groups is 1. The number of nitrogens with one attached hydrogen (secondary N) is 2. The first-order valence-electron chi connectivity index (χ1n) is 10.7. The highest BCUT2D eigenvalue weighted by Gasteiger charge is 2.17. The zero-order valence-electron chi connectivity index (χ0n) is 17.6. The maximum atomic E-state index is 12.4. The molecule has 32 heavy (non-hydrogen) atoms. The van der Waals surface area contributed by atoms with Crippen molar-refractivity contribution >= 4 is 17.4 Å². The van der Waals surface area contributed by atoms with E-state index in [1.807, 2.05) is 12.1 Å². The van der Waals surface area contributed by atoms with Gasteiger partial charge in [0.1, 0.15) is 23.2 Å². The predicted molar refractivity (Wildman–Crippen MR) is 125 cm³/mol. The SMILES string of the molecule is N#Cc1c(-c2cccc(NC(=O)CNC3CCCC3)c2)cc(-c2ccccc2O)nc1N. The average Bonchev–Trinajstić information content (AvgIpc) is 3.31. The normalized spacial score (nSPS) is 13.6. The third-order valence-corrected chi connectivity index (χ3v) is 5.70. The molecule has 1 aliphatic rings. The molecule has 0 radical (unpaired) electrons. The van der Waals surface area contributed by atoms with Crippen LogP contribution in [0, 0.1) is 11.3 Å². The summed E-state index contributed by atoms with van der Waals surface area (Å²) in [5, 5.41) is 26.1. The maximum Gasteiger partial charge on any atom is 0.238 e. The van der Waals surface area contributed by atoms with Crippen LogP contribution in [0.5, 0.6) is 5.75 Å². The van der Waals surface area contributed by atoms with Crippen LogP contribution in [0.2, 0.25) is 0 Å². The van der Waals surface area contributed by atoms with E-state index in [1.54, 1.807) is 42.5 Å². The Balaban J connectivity index is 1.61. The molecular formula is C25H25N5O2. The van der Waals surface area contributed by atoms with Crippen molar-refractivity contribution < 1.29 is 9.90 Å². The second-order valence-corrected chi connectivity index (χ2v) is 7.94. The van der Waals surface area contributed by atoms with Crippen LogP contribution in [0.25, 0.3) is 22.4 Å². The fourth-order valence-electron chi connectivity index (χ4n) is 4.07. The van der Waals surface area contributed by atoms with E-state index in [0.717, 1.165) is 12.8 Å². The van der Waals surface area contributed by atoms with Crippen LogP contribution in [0.4, 0.5) is 11.5 Å². The van der Waals surface area contributed by atoms with Gasteiger partial charge in [0.15, 0.2) is 0 Å². The summed E-state index contributed by atoms with van der Waals surface area (Å²) in [6, 6.07) is 18.3. The number of rotatable bonds is 6. The third kappa shape index (κ3) is 4.71. The van der Waals surface area contributed by atoms with Gasteiger partial charge in [-0.05, 0) is 48.7 Å². The second kappa shape index (κ2) is 9.50. The number of anilines is 2. The lowest BCUT2D eigenvalue weighted by Crippen LogP contribution is -2.34. The van der Waals surface area contributed by atoms with E-state index in [-0.39, 0.29) is 29.6 Å². The van der Waals surface area contributed by atoms with Crippen molar-refractivity contribution in [2.75, 3.05) is 17.6 Å². The highest BCUT2D eigenvalue weighted by Crippen LogP contribution is 2.35. The van der Waals surface area contributed by atoms with Gasteiger partial charge in [-0.2, -0.15) is 5.26 Å². The number of nitrogens with zero attached hydrogens (tertiary/aromatic N) is 2. The summed E-state index contributed by atoms with van der Waals surface area (Å²) in [7, 11) is 0. The molecule has 1 saturated carbocycles. The Morgan fingerprint density at radius 3 is 2.66 bits per heavy atom. The Kier molecular flexibility index (Phi) is 6.34. The molecule has 3 aromatic rings. The Hall–Kier alpha value is -3.89. The zero-order valence-corrected chi connectivity index (χ0v) is 17.6. The van der Waals surface area contributed by atoms with Crippen molar-refractivity contribution in [3.8, 4) is 34.2 Å². The highest BCUT2D eigenvalue weighted by molar-refractivity contribution is 5.93. The molecule has 5 N–H and O–H groups in total. The van der Waals surface area contributed by atoms with Gasteiger partial charge in [-0.3, -0.25) is 4.79 Å². The van der Waals surface area contributed by atoms with Gasteiger partial charge in [-0.1, -0.05) is 37.1 Å². The second-order valence-electron chi connectivity index (χ2n) is 7.94. The van der Waals surface area contributed by atoms with Gasteiger partial charge >= 0.3 is 0 Å². The average molecular weight is 428 g/mol. The van der Waals surface area contributed by atoms with Gasteiger partial charge in [-0.25, -0.2) is 4.98 Å². The first-order chi connectivity index (χ1) is 15.5. The van der Waals surface area contributed by atoms with Gasteiger partial charge in [0.05, 0.1) is 12.2 Å². The Labute approximate surface area is 186 Å². The largest absolute Gasteiger partial charge is 0.507 e. The number of nitriles is 1. The van der Waals surface area contributed by atoms with Gasteiger partial charge in [0.2, 0.25) is 5.91 Å². The minimum atomic E-state index is -0.112. The summed E-state index contributed by atoms with van der Waals surface area (Å²) < 4.78 is 0. The number of aromatic hydroxyl groups is 1. The molecule has 0 spiro atoms. The lowest BCUT2D eigenvalue weighted by Gasteiger charge is -2.14. The molecule has 0 aliphatic heterocycles. The Bertz CT molecular complexity index is 1180. The molecule has 1 heterocycles. The number of carbonyl (C=O) groups excluding carboxylic acids is 1. The van der Waals surface area contributed by atoms with Crippen molar-refractivity contribution in [2.45, 2.75) is 31.7 Å². The van der Waals surface area contributed by atoms with Crippen LogP contribution < -0.4 is 16.4 Å². The molecule has 7 nitrogen and oxygen atoms in total. The van der Waals surface area contributed by atoms with Crippen LogP contribution in [0.3, 0.4) is 0 Å². The fourth-order valence-corrected chi connectivity index (χ4v) is 4.07. The number of hydrogen-bond acceptors (Lipinski definition) is 6.